The minimum absolute atomic E-state index is 0.0267. The van der Waals surface area contributed by atoms with Crippen LogP contribution in [0.1, 0.15) is 21.5 Å². The zero-order valence-corrected chi connectivity index (χ0v) is 12.6. The Labute approximate surface area is 133 Å². The lowest BCUT2D eigenvalue weighted by atomic mass is 10.1. The summed E-state index contributed by atoms with van der Waals surface area (Å²) in [5.41, 5.74) is 7.37. The van der Waals surface area contributed by atoms with E-state index in [-0.39, 0.29) is 16.9 Å². The average Bonchev–Trinajstić information content (AvgIpc) is 2.53. The predicted octanol–water partition coefficient (Wildman–Crippen LogP) is 2.25. The molecule has 2 aromatic carbocycles. The number of carbonyl (C=O) groups excluding carboxylic acids is 1. The molecular weight excluding hydrogens is 298 g/mol. The van der Waals surface area contributed by atoms with Crippen molar-refractivity contribution in [3.05, 3.63) is 69.3 Å². The summed E-state index contributed by atoms with van der Waals surface area (Å²) in [6.07, 6.45) is 0. The average molecular weight is 315 g/mol. The summed E-state index contributed by atoms with van der Waals surface area (Å²) in [7, 11) is 1.61. The van der Waals surface area contributed by atoms with Gasteiger partial charge in [-0.25, -0.2) is 0 Å². The molecule has 0 aliphatic carbocycles. The highest BCUT2D eigenvalue weighted by Crippen LogP contribution is 2.22. The van der Waals surface area contributed by atoms with Crippen molar-refractivity contribution < 1.29 is 14.5 Å². The van der Waals surface area contributed by atoms with Gasteiger partial charge in [0.1, 0.15) is 5.69 Å². The van der Waals surface area contributed by atoms with Crippen LogP contribution in [-0.4, -0.2) is 17.9 Å². The molecule has 0 aliphatic heterocycles. The lowest BCUT2D eigenvalue weighted by Gasteiger charge is -2.08. The van der Waals surface area contributed by atoms with Crippen LogP contribution in [0.3, 0.4) is 0 Å². The number of ether oxygens (including phenoxy) is 1. The molecule has 0 radical (unpaired) electrons. The quantitative estimate of drug-likeness (QED) is 0.483. The highest BCUT2D eigenvalue weighted by Gasteiger charge is 2.15. The first-order valence-corrected chi connectivity index (χ1v) is 6.90. The molecule has 1 amide bonds. The van der Waals surface area contributed by atoms with Gasteiger partial charge in [0.05, 0.1) is 11.5 Å². The van der Waals surface area contributed by atoms with Crippen LogP contribution in [0.4, 0.5) is 11.4 Å². The summed E-state index contributed by atoms with van der Waals surface area (Å²) >= 11 is 0. The van der Waals surface area contributed by atoms with Gasteiger partial charge < -0.3 is 15.8 Å². The third kappa shape index (κ3) is 4.27. The topological polar surface area (TPSA) is 107 Å². The lowest BCUT2D eigenvalue weighted by molar-refractivity contribution is -0.383. The number of hydrogen-bond acceptors (Lipinski definition) is 5. The van der Waals surface area contributed by atoms with Gasteiger partial charge in [-0.2, -0.15) is 0 Å². The number of rotatable bonds is 6. The molecular formula is C16H17N3O4. The fourth-order valence-electron chi connectivity index (χ4n) is 2.12. The first-order valence-electron chi connectivity index (χ1n) is 6.90. The molecule has 0 unspecified atom stereocenters. The number of amides is 1. The van der Waals surface area contributed by atoms with Crippen molar-refractivity contribution >= 4 is 17.3 Å². The zero-order valence-electron chi connectivity index (χ0n) is 12.6. The number of anilines is 1. The van der Waals surface area contributed by atoms with Gasteiger partial charge in [-0.3, -0.25) is 14.9 Å². The van der Waals surface area contributed by atoms with Crippen molar-refractivity contribution in [2.24, 2.45) is 0 Å². The van der Waals surface area contributed by atoms with E-state index in [4.69, 9.17) is 10.5 Å². The largest absolute Gasteiger partial charge is 0.393 e. The Kier molecular flexibility index (Phi) is 5.27. The summed E-state index contributed by atoms with van der Waals surface area (Å²) in [5, 5.41) is 13.6. The molecule has 0 atom stereocenters. The van der Waals surface area contributed by atoms with Crippen LogP contribution >= 0.6 is 0 Å². The maximum atomic E-state index is 12.1. The third-order valence-electron chi connectivity index (χ3n) is 3.24. The monoisotopic (exact) mass is 315 g/mol. The Morgan fingerprint density at radius 1 is 1.26 bits per heavy atom. The standard InChI is InChI=1S/C16H17N3O4/c1-23-10-12-4-2-3-11(7-12)9-18-16(20)13-5-6-14(17)15(8-13)19(21)22/h2-8H,9-10,17H2,1H3,(H,18,20). The number of nitrogens with one attached hydrogen (secondary N) is 1. The van der Waals surface area contributed by atoms with E-state index in [9.17, 15) is 14.9 Å². The minimum Gasteiger partial charge on any atom is -0.393 e. The van der Waals surface area contributed by atoms with Crippen molar-refractivity contribution in [3.63, 3.8) is 0 Å². The van der Waals surface area contributed by atoms with Crippen LogP contribution < -0.4 is 11.1 Å². The number of methoxy groups -OCH3 is 1. The molecule has 2 aromatic rings. The third-order valence-corrected chi connectivity index (χ3v) is 3.24. The van der Waals surface area contributed by atoms with Crippen molar-refractivity contribution in [3.8, 4) is 0 Å². The van der Waals surface area contributed by atoms with Crippen LogP contribution in [0.25, 0.3) is 0 Å². The summed E-state index contributed by atoms with van der Waals surface area (Å²) in [6.45, 7) is 0.806. The number of carbonyl (C=O) groups is 1. The molecule has 0 aliphatic rings. The summed E-state index contributed by atoms with van der Waals surface area (Å²) in [5.74, 6) is -0.398. The van der Waals surface area contributed by atoms with Crippen LogP contribution in [-0.2, 0) is 17.9 Å². The molecule has 7 heteroatoms. The molecule has 7 nitrogen and oxygen atoms in total. The summed E-state index contributed by atoms with van der Waals surface area (Å²) in [4.78, 5) is 22.4. The van der Waals surface area contributed by atoms with Gasteiger partial charge in [-0.15, -0.1) is 0 Å². The van der Waals surface area contributed by atoms with E-state index in [0.717, 1.165) is 11.1 Å². The van der Waals surface area contributed by atoms with Gasteiger partial charge in [0.15, 0.2) is 0 Å². The normalized spacial score (nSPS) is 10.3. The van der Waals surface area contributed by atoms with Crippen molar-refractivity contribution in [1.82, 2.24) is 5.32 Å². The first-order chi connectivity index (χ1) is 11.0. The van der Waals surface area contributed by atoms with E-state index >= 15 is 0 Å². The summed E-state index contributed by atoms with van der Waals surface area (Å²) < 4.78 is 5.06. The number of hydrogen-bond donors (Lipinski definition) is 2. The Morgan fingerprint density at radius 3 is 2.70 bits per heavy atom. The van der Waals surface area contributed by atoms with Gasteiger partial charge in [-0.05, 0) is 23.3 Å². The van der Waals surface area contributed by atoms with Crippen molar-refractivity contribution in [1.29, 1.82) is 0 Å². The second-order valence-corrected chi connectivity index (χ2v) is 4.97. The predicted molar refractivity (Wildman–Crippen MR) is 85.8 cm³/mol. The van der Waals surface area contributed by atoms with Crippen molar-refractivity contribution in [2.45, 2.75) is 13.2 Å². The maximum Gasteiger partial charge on any atom is 0.292 e. The van der Waals surface area contributed by atoms with E-state index in [1.807, 2.05) is 24.3 Å². The van der Waals surface area contributed by atoms with E-state index < -0.39 is 10.8 Å². The Balaban J connectivity index is 2.06. The molecule has 0 bridgehead atoms. The number of nitro benzene ring substituents is 1. The molecule has 2 rings (SSSR count). The smallest absolute Gasteiger partial charge is 0.292 e. The fourth-order valence-corrected chi connectivity index (χ4v) is 2.12. The van der Waals surface area contributed by atoms with E-state index in [1.165, 1.54) is 18.2 Å². The zero-order chi connectivity index (χ0) is 16.8. The molecule has 23 heavy (non-hydrogen) atoms. The molecule has 0 saturated heterocycles. The van der Waals surface area contributed by atoms with Gasteiger partial charge in [0, 0.05) is 25.3 Å². The second kappa shape index (κ2) is 7.37. The Bertz CT molecular complexity index is 731. The van der Waals surface area contributed by atoms with Crippen LogP contribution in [0.5, 0.6) is 0 Å². The number of benzene rings is 2. The van der Waals surface area contributed by atoms with E-state index in [2.05, 4.69) is 5.32 Å². The molecule has 120 valence electrons. The van der Waals surface area contributed by atoms with Gasteiger partial charge in [0.25, 0.3) is 11.6 Å². The molecule has 0 aromatic heterocycles. The highest BCUT2D eigenvalue weighted by atomic mass is 16.6. The van der Waals surface area contributed by atoms with Crippen LogP contribution in [0.15, 0.2) is 42.5 Å². The number of nitrogens with two attached hydrogens (primary N) is 1. The van der Waals surface area contributed by atoms with Crippen LogP contribution in [0.2, 0.25) is 0 Å². The Morgan fingerprint density at radius 2 is 2.00 bits per heavy atom. The second-order valence-electron chi connectivity index (χ2n) is 4.97. The molecule has 0 spiro atoms. The fraction of sp³-hybridized carbons (Fsp3) is 0.188. The number of nitrogen functional groups attached to an aromatic ring is 1. The maximum absolute atomic E-state index is 12.1. The van der Waals surface area contributed by atoms with Gasteiger partial charge in [0.2, 0.25) is 0 Å². The molecule has 3 N–H and O–H groups in total. The SMILES string of the molecule is COCc1cccc(CNC(=O)c2ccc(N)c([N+](=O)[O-])c2)c1. The number of nitro groups is 1. The lowest BCUT2D eigenvalue weighted by Crippen LogP contribution is -2.23. The Hall–Kier alpha value is -2.93. The number of nitrogens with zero attached hydrogens (tertiary/aromatic N) is 1. The van der Waals surface area contributed by atoms with Gasteiger partial charge >= 0.3 is 0 Å². The first kappa shape index (κ1) is 16.4. The minimum atomic E-state index is -0.611. The highest BCUT2D eigenvalue weighted by molar-refractivity contribution is 5.95. The van der Waals surface area contributed by atoms with Crippen molar-refractivity contribution in [2.75, 3.05) is 12.8 Å². The summed E-state index contributed by atoms with van der Waals surface area (Å²) in [6, 6.07) is 11.6. The molecule has 0 fully saturated rings. The van der Waals surface area contributed by atoms with Crippen LogP contribution in [0, 0.1) is 10.1 Å². The van der Waals surface area contributed by atoms with E-state index in [0.29, 0.717) is 13.2 Å². The van der Waals surface area contributed by atoms with E-state index in [1.54, 1.807) is 7.11 Å². The van der Waals surface area contributed by atoms with Gasteiger partial charge in [-0.1, -0.05) is 24.3 Å². The molecule has 0 saturated carbocycles. The molecule has 0 heterocycles.